The molecule has 1 aliphatic heterocycles. The molecule has 7 heteroatoms. The lowest BCUT2D eigenvalue weighted by atomic mass is 10.1. The highest BCUT2D eigenvalue weighted by Gasteiger charge is 2.13. The van der Waals surface area contributed by atoms with Crippen molar-refractivity contribution >= 4 is 29.9 Å². The molecule has 1 aromatic heterocycles. The van der Waals surface area contributed by atoms with E-state index >= 15 is 0 Å². The molecule has 0 amide bonds. The van der Waals surface area contributed by atoms with E-state index in [9.17, 15) is 0 Å². The number of guanidine groups is 1. The minimum absolute atomic E-state index is 0. The van der Waals surface area contributed by atoms with Crippen LogP contribution >= 0.6 is 24.0 Å². The smallest absolute Gasteiger partial charge is 0.191 e. The van der Waals surface area contributed by atoms with E-state index in [0.717, 1.165) is 45.2 Å². The van der Waals surface area contributed by atoms with Crippen molar-refractivity contribution in [2.75, 3.05) is 46.8 Å². The number of aromatic nitrogens is 1. The van der Waals surface area contributed by atoms with Gasteiger partial charge >= 0.3 is 0 Å². The van der Waals surface area contributed by atoms with Crippen LogP contribution in [0.2, 0.25) is 0 Å². The monoisotopic (exact) mass is 496 g/mol. The third kappa shape index (κ3) is 7.44. The fourth-order valence-electron chi connectivity index (χ4n) is 3.26. The van der Waals surface area contributed by atoms with Gasteiger partial charge in [0.15, 0.2) is 5.96 Å². The van der Waals surface area contributed by atoms with Gasteiger partial charge in [-0.15, -0.1) is 24.0 Å². The summed E-state index contributed by atoms with van der Waals surface area (Å²) in [7, 11) is 4.01. The van der Waals surface area contributed by atoms with Crippen molar-refractivity contribution in [1.82, 2.24) is 25.0 Å². The Bertz CT molecular complexity index is 690. The van der Waals surface area contributed by atoms with Crippen molar-refractivity contribution in [2.45, 2.75) is 19.6 Å². The minimum atomic E-state index is 0. The number of hydrogen-bond acceptors (Lipinski definition) is 3. The molecule has 0 radical (unpaired) electrons. The molecule has 2 N–H and O–H groups in total. The summed E-state index contributed by atoms with van der Waals surface area (Å²) >= 11 is 0. The summed E-state index contributed by atoms with van der Waals surface area (Å²) in [4.78, 5) is 9.22. The number of aliphatic imine (C=N–C) groups is 1. The molecule has 2 heterocycles. The first-order valence-corrected chi connectivity index (χ1v) is 9.77. The van der Waals surface area contributed by atoms with Crippen LogP contribution in [0.3, 0.4) is 0 Å². The Kier molecular flexibility index (Phi) is 9.80. The largest absolute Gasteiger partial charge is 0.355 e. The van der Waals surface area contributed by atoms with Gasteiger partial charge in [0, 0.05) is 71.8 Å². The van der Waals surface area contributed by atoms with Gasteiger partial charge in [0.2, 0.25) is 0 Å². The Balaban J connectivity index is 0.00000280. The molecule has 2 aromatic rings. The average Bonchev–Trinajstić information content (AvgIpc) is 3.21. The van der Waals surface area contributed by atoms with Gasteiger partial charge < -0.3 is 20.1 Å². The topological polar surface area (TPSA) is 47.8 Å². The first kappa shape index (κ1) is 22.7. The van der Waals surface area contributed by atoms with Crippen molar-refractivity contribution in [2.24, 2.45) is 4.99 Å². The van der Waals surface area contributed by atoms with E-state index in [1.807, 2.05) is 19.2 Å². The van der Waals surface area contributed by atoms with Crippen molar-refractivity contribution < 1.29 is 0 Å². The van der Waals surface area contributed by atoms with Gasteiger partial charge in [-0.25, -0.2) is 0 Å². The average molecular weight is 496 g/mol. The first-order chi connectivity index (χ1) is 13.2. The fourth-order valence-corrected chi connectivity index (χ4v) is 3.26. The van der Waals surface area contributed by atoms with Crippen molar-refractivity contribution in [3.63, 3.8) is 0 Å². The molecule has 0 spiro atoms. The highest BCUT2D eigenvalue weighted by Crippen LogP contribution is 2.09. The summed E-state index contributed by atoms with van der Waals surface area (Å²) < 4.78 is 2.15. The number of benzene rings is 1. The van der Waals surface area contributed by atoms with Crippen LogP contribution < -0.4 is 10.6 Å². The van der Waals surface area contributed by atoms with Crippen LogP contribution in [0.1, 0.15) is 11.1 Å². The number of halogens is 1. The van der Waals surface area contributed by atoms with Gasteiger partial charge in [-0.3, -0.25) is 9.89 Å². The molecule has 0 saturated carbocycles. The van der Waals surface area contributed by atoms with E-state index < -0.39 is 0 Å². The van der Waals surface area contributed by atoms with Gasteiger partial charge in [0.05, 0.1) is 0 Å². The van der Waals surface area contributed by atoms with Gasteiger partial charge in [0.25, 0.3) is 0 Å². The molecule has 0 unspecified atom stereocenters. The zero-order valence-corrected chi connectivity index (χ0v) is 19.3. The maximum absolute atomic E-state index is 4.30. The normalized spacial score (nSPS) is 15.9. The minimum Gasteiger partial charge on any atom is -0.355 e. The number of nitrogens with zero attached hydrogens (tertiary/aromatic N) is 4. The first-order valence-electron chi connectivity index (χ1n) is 9.77. The zero-order chi connectivity index (χ0) is 18.9. The maximum atomic E-state index is 4.30. The Labute approximate surface area is 186 Å². The van der Waals surface area contributed by atoms with Crippen LogP contribution in [-0.2, 0) is 19.6 Å². The van der Waals surface area contributed by atoms with Crippen LogP contribution in [0.4, 0.5) is 0 Å². The molecule has 28 heavy (non-hydrogen) atoms. The summed E-state index contributed by atoms with van der Waals surface area (Å²) in [6, 6.07) is 13.0. The van der Waals surface area contributed by atoms with Gasteiger partial charge in [-0.05, 0) is 30.3 Å². The summed E-state index contributed by atoms with van der Waals surface area (Å²) in [5.74, 6) is 0.837. The quantitative estimate of drug-likeness (QED) is 0.351. The molecule has 0 atom stereocenters. The molecule has 0 aliphatic carbocycles. The molecule has 6 nitrogen and oxygen atoms in total. The predicted octanol–water partition coefficient (Wildman–Crippen LogP) is 2.22. The standard InChI is InChI=1S/C21H32N6.HI/c1-22-21(23-9-12-26-10-3-4-11-26)24-17-19-5-7-20(8-6-19)18-27-15-13-25(2)14-16-27;/h3-8,10-11H,9,12-18H2,1-2H3,(H2,22,23,24);1H. The summed E-state index contributed by atoms with van der Waals surface area (Å²) in [5, 5.41) is 6.74. The molecule has 1 aliphatic rings. The summed E-state index contributed by atoms with van der Waals surface area (Å²) in [6.07, 6.45) is 4.14. The van der Waals surface area contributed by atoms with Crippen LogP contribution in [0.5, 0.6) is 0 Å². The second-order valence-electron chi connectivity index (χ2n) is 7.17. The zero-order valence-electron chi connectivity index (χ0n) is 17.0. The number of piperazine rings is 1. The number of nitrogens with one attached hydrogen (secondary N) is 2. The van der Waals surface area contributed by atoms with E-state index in [1.54, 1.807) is 0 Å². The number of hydrogen-bond donors (Lipinski definition) is 2. The molecule has 3 rings (SSSR count). The van der Waals surface area contributed by atoms with Crippen molar-refractivity contribution in [3.05, 3.63) is 59.9 Å². The van der Waals surface area contributed by atoms with E-state index in [4.69, 9.17) is 0 Å². The fraction of sp³-hybridized carbons (Fsp3) is 0.476. The third-order valence-corrected chi connectivity index (χ3v) is 5.04. The molecule has 154 valence electrons. The molecule has 1 fully saturated rings. The molecule has 0 bridgehead atoms. The number of rotatable bonds is 7. The molecule has 1 aromatic carbocycles. The molecular weight excluding hydrogens is 463 g/mol. The third-order valence-electron chi connectivity index (χ3n) is 5.04. The predicted molar refractivity (Wildman–Crippen MR) is 127 cm³/mol. The Morgan fingerprint density at radius 3 is 2.25 bits per heavy atom. The Morgan fingerprint density at radius 1 is 0.964 bits per heavy atom. The van der Waals surface area contributed by atoms with E-state index in [0.29, 0.717) is 0 Å². The van der Waals surface area contributed by atoms with Crippen LogP contribution in [0.15, 0.2) is 53.8 Å². The highest BCUT2D eigenvalue weighted by atomic mass is 127. The Hall–Kier alpha value is -1.58. The number of likely N-dealkylation sites (N-methyl/N-ethyl adjacent to an activating group) is 1. The van der Waals surface area contributed by atoms with Gasteiger partial charge in [0.1, 0.15) is 0 Å². The van der Waals surface area contributed by atoms with Crippen LogP contribution in [-0.4, -0.2) is 67.1 Å². The molecule has 1 saturated heterocycles. The maximum Gasteiger partial charge on any atom is 0.191 e. The SMILES string of the molecule is CN=C(NCCn1cccc1)NCc1ccc(CN2CCN(C)CC2)cc1.I. The second-order valence-corrected chi connectivity index (χ2v) is 7.17. The van der Waals surface area contributed by atoms with Gasteiger partial charge in [-0.1, -0.05) is 24.3 Å². The van der Waals surface area contributed by atoms with Gasteiger partial charge in [-0.2, -0.15) is 0 Å². The summed E-state index contributed by atoms with van der Waals surface area (Å²) in [6.45, 7) is 8.24. The lowest BCUT2D eigenvalue weighted by molar-refractivity contribution is 0.148. The van der Waals surface area contributed by atoms with E-state index in [-0.39, 0.29) is 24.0 Å². The van der Waals surface area contributed by atoms with Crippen LogP contribution in [0.25, 0.3) is 0 Å². The summed E-state index contributed by atoms with van der Waals surface area (Å²) in [5.41, 5.74) is 2.66. The molecular formula is C21H33IN6. The van der Waals surface area contributed by atoms with Crippen LogP contribution in [0, 0.1) is 0 Å². The Morgan fingerprint density at radius 2 is 1.61 bits per heavy atom. The lowest BCUT2D eigenvalue weighted by Gasteiger charge is -2.32. The highest BCUT2D eigenvalue weighted by molar-refractivity contribution is 14.0. The lowest BCUT2D eigenvalue weighted by Crippen LogP contribution is -2.43. The van der Waals surface area contributed by atoms with E-state index in [2.05, 4.69) is 73.7 Å². The second kappa shape index (κ2) is 12.1. The van der Waals surface area contributed by atoms with Crippen molar-refractivity contribution in [1.29, 1.82) is 0 Å². The van der Waals surface area contributed by atoms with E-state index in [1.165, 1.54) is 24.2 Å². The van der Waals surface area contributed by atoms with Crippen molar-refractivity contribution in [3.8, 4) is 0 Å².